The number of thiocarbonyl (C=S) groups is 1. The number of nitrogens with zero attached hydrogens (tertiary/aromatic N) is 3. The molecule has 0 atom stereocenters. The number of likely N-dealkylation sites (N-methyl/N-ethyl adjacent to an activating group) is 1. The monoisotopic (exact) mass is 313 g/mol. The fourth-order valence-corrected chi connectivity index (χ4v) is 3.37. The van der Waals surface area contributed by atoms with E-state index >= 15 is 0 Å². The van der Waals surface area contributed by atoms with E-state index in [4.69, 9.17) is 12.2 Å². The van der Waals surface area contributed by atoms with Gasteiger partial charge in [-0.2, -0.15) is 0 Å². The van der Waals surface area contributed by atoms with Crippen LogP contribution < -0.4 is 4.90 Å². The van der Waals surface area contributed by atoms with Gasteiger partial charge < -0.3 is 9.80 Å². The molecule has 1 aliphatic heterocycles. The van der Waals surface area contributed by atoms with E-state index in [0.29, 0.717) is 0 Å². The Morgan fingerprint density at radius 1 is 1.23 bits per heavy atom. The Morgan fingerprint density at radius 3 is 3.00 bits per heavy atom. The third-order valence-electron chi connectivity index (χ3n) is 4.34. The van der Waals surface area contributed by atoms with Gasteiger partial charge in [0.15, 0.2) is 0 Å². The maximum atomic E-state index is 5.32. The number of hydrogen-bond donors (Lipinski definition) is 0. The van der Waals surface area contributed by atoms with Crippen molar-refractivity contribution < 1.29 is 0 Å². The summed E-state index contributed by atoms with van der Waals surface area (Å²) in [4.78, 5) is 10.6. The van der Waals surface area contributed by atoms with Crippen molar-refractivity contribution in [2.24, 2.45) is 0 Å². The molecule has 1 aromatic rings. The van der Waals surface area contributed by atoms with Crippen molar-refractivity contribution in [1.29, 1.82) is 0 Å². The molecule has 1 saturated heterocycles. The van der Waals surface area contributed by atoms with Gasteiger partial charge in [-0.25, -0.2) is 0 Å². The fourth-order valence-electron chi connectivity index (χ4n) is 3.11. The van der Waals surface area contributed by atoms with Gasteiger partial charge in [0.25, 0.3) is 0 Å². The summed E-state index contributed by atoms with van der Waals surface area (Å²) in [6.45, 7) is 4.48. The second kappa shape index (κ2) is 7.16. The van der Waals surface area contributed by atoms with Crippen LogP contribution in [-0.4, -0.2) is 48.0 Å². The highest BCUT2D eigenvalue weighted by molar-refractivity contribution is 7.80. The first-order chi connectivity index (χ1) is 10.7. The van der Waals surface area contributed by atoms with Crippen LogP contribution in [0.2, 0.25) is 0 Å². The molecule has 3 rings (SSSR count). The van der Waals surface area contributed by atoms with Crippen molar-refractivity contribution in [2.75, 3.05) is 38.1 Å². The van der Waals surface area contributed by atoms with Gasteiger partial charge in [-0.15, -0.1) is 0 Å². The minimum absolute atomic E-state index is 0.893. The van der Waals surface area contributed by atoms with Gasteiger partial charge in [0.1, 0.15) is 0 Å². The van der Waals surface area contributed by atoms with Crippen LogP contribution in [0.1, 0.15) is 18.5 Å². The average molecular weight is 313 g/mol. The van der Waals surface area contributed by atoms with Crippen LogP contribution in [0, 0.1) is 0 Å². The molecule has 0 spiro atoms. The average Bonchev–Trinajstić information content (AvgIpc) is 2.73. The fraction of sp³-hybridized carbons (Fsp3) is 0.444. The number of pyridine rings is 1. The van der Waals surface area contributed by atoms with Crippen LogP contribution in [0.15, 0.2) is 42.1 Å². The van der Waals surface area contributed by atoms with Gasteiger partial charge in [0.05, 0.1) is 11.4 Å². The molecule has 1 aromatic heterocycles. The van der Waals surface area contributed by atoms with Gasteiger partial charge in [0, 0.05) is 43.5 Å². The third kappa shape index (κ3) is 3.81. The zero-order chi connectivity index (χ0) is 15.4. The van der Waals surface area contributed by atoms with E-state index in [2.05, 4.69) is 40.0 Å². The lowest BCUT2D eigenvalue weighted by Crippen LogP contribution is -2.29. The molecule has 4 heteroatoms. The Bertz CT molecular complexity index is 606. The summed E-state index contributed by atoms with van der Waals surface area (Å²) in [7, 11) is 2.20. The summed E-state index contributed by atoms with van der Waals surface area (Å²) in [5, 5.41) is 0. The van der Waals surface area contributed by atoms with E-state index in [1.54, 1.807) is 0 Å². The van der Waals surface area contributed by atoms with Crippen molar-refractivity contribution in [2.45, 2.75) is 19.3 Å². The normalized spacial score (nSPS) is 20.0. The van der Waals surface area contributed by atoms with Gasteiger partial charge in [-0.3, -0.25) is 4.98 Å². The topological polar surface area (TPSA) is 19.4 Å². The second-order valence-electron chi connectivity index (χ2n) is 6.12. The molecule has 0 amide bonds. The number of rotatable bonds is 3. The largest absolute Gasteiger partial charge is 0.369 e. The molecule has 0 bridgehead atoms. The highest BCUT2D eigenvalue weighted by Crippen LogP contribution is 2.24. The standard InChI is InChI=1S/C18H23N3S/c1-20-9-4-10-21(12-11-20)18-7-3-8-19-17(18)14-15-5-2-6-16(22)13-15/h2-3,5-8H,4,9-14H2,1H3. The van der Waals surface area contributed by atoms with Gasteiger partial charge in [-0.05, 0) is 38.2 Å². The quantitative estimate of drug-likeness (QED) is 0.799. The molecule has 0 N–H and O–H groups in total. The van der Waals surface area contributed by atoms with Crippen molar-refractivity contribution >= 4 is 22.8 Å². The van der Waals surface area contributed by atoms with E-state index in [9.17, 15) is 0 Å². The molecule has 0 saturated carbocycles. The summed E-state index contributed by atoms with van der Waals surface area (Å²) in [5.41, 5.74) is 3.83. The van der Waals surface area contributed by atoms with Gasteiger partial charge >= 0.3 is 0 Å². The third-order valence-corrected chi connectivity index (χ3v) is 4.62. The summed E-state index contributed by atoms with van der Waals surface area (Å²) >= 11 is 5.32. The summed E-state index contributed by atoms with van der Waals surface area (Å²) in [6, 6.07) is 4.26. The maximum absolute atomic E-state index is 5.32. The van der Waals surface area contributed by atoms with E-state index in [0.717, 1.165) is 37.3 Å². The first-order valence-electron chi connectivity index (χ1n) is 7.99. The molecule has 22 heavy (non-hydrogen) atoms. The van der Waals surface area contributed by atoms with E-state index in [-0.39, 0.29) is 0 Å². The number of allylic oxidation sites excluding steroid dienone is 4. The molecule has 0 radical (unpaired) electrons. The second-order valence-corrected chi connectivity index (χ2v) is 6.64. The molecule has 1 fully saturated rings. The highest BCUT2D eigenvalue weighted by Gasteiger charge is 2.17. The lowest BCUT2D eigenvalue weighted by atomic mass is 9.99. The van der Waals surface area contributed by atoms with E-state index < -0.39 is 0 Å². The summed E-state index contributed by atoms with van der Waals surface area (Å²) < 4.78 is 0. The first-order valence-corrected chi connectivity index (χ1v) is 8.39. The lowest BCUT2D eigenvalue weighted by Gasteiger charge is -2.25. The van der Waals surface area contributed by atoms with E-state index in [1.807, 2.05) is 18.3 Å². The molecule has 116 valence electrons. The molecule has 3 nitrogen and oxygen atoms in total. The van der Waals surface area contributed by atoms with Crippen LogP contribution in [0.25, 0.3) is 0 Å². The lowest BCUT2D eigenvalue weighted by molar-refractivity contribution is 0.360. The minimum atomic E-state index is 0.893. The van der Waals surface area contributed by atoms with Gasteiger partial charge in [0.2, 0.25) is 0 Å². The van der Waals surface area contributed by atoms with Crippen molar-refractivity contribution in [3.63, 3.8) is 0 Å². The molecule has 0 unspecified atom stereocenters. The first kappa shape index (κ1) is 15.4. The Kier molecular flexibility index (Phi) is 5.01. The predicted molar refractivity (Wildman–Crippen MR) is 96.7 cm³/mol. The predicted octanol–water partition coefficient (Wildman–Crippen LogP) is 3.02. The van der Waals surface area contributed by atoms with Crippen LogP contribution >= 0.6 is 12.2 Å². The molecular weight excluding hydrogens is 290 g/mol. The Balaban J connectivity index is 1.79. The Labute approximate surface area is 138 Å². The summed E-state index contributed by atoms with van der Waals surface area (Å²) in [5.74, 6) is 0. The number of aromatic nitrogens is 1. The van der Waals surface area contributed by atoms with Crippen molar-refractivity contribution in [1.82, 2.24) is 9.88 Å². The molecule has 0 aromatic carbocycles. The van der Waals surface area contributed by atoms with Crippen molar-refractivity contribution in [3.05, 3.63) is 47.8 Å². The zero-order valence-electron chi connectivity index (χ0n) is 13.2. The number of anilines is 1. The minimum Gasteiger partial charge on any atom is -0.369 e. The van der Waals surface area contributed by atoms with E-state index in [1.165, 1.54) is 29.9 Å². The van der Waals surface area contributed by atoms with Crippen LogP contribution in [-0.2, 0) is 6.42 Å². The Hall–Kier alpha value is -1.52. The number of hydrogen-bond acceptors (Lipinski definition) is 4. The summed E-state index contributed by atoms with van der Waals surface area (Å²) in [6.07, 6.45) is 11.2. The SMILES string of the molecule is CN1CCCN(c2cccnc2CC2=CC=CC(=S)C2)CC1. The zero-order valence-corrected chi connectivity index (χ0v) is 14.0. The van der Waals surface area contributed by atoms with Crippen LogP contribution in [0.5, 0.6) is 0 Å². The molecule has 2 aliphatic rings. The highest BCUT2D eigenvalue weighted by atomic mass is 32.1. The molecule has 1 aliphatic carbocycles. The van der Waals surface area contributed by atoms with Crippen LogP contribution in [0.4, 0.5) is 5.69 Å². The smallest absolute Gasteiger partial charge is 0.0677 e. The van der Waals surface area contributed by atoms with Crippen LogP contribution in [0.3, 0.4) is 0 Å². The molecule has 2 heterocycles. The van der Waals surface area contributed by atoms with Crippen molar-refractivity contribution in [3.8, 4) is 0 Å². The molecular formula is C18H23N3S. The Morgan fingerprint density at radius 2 is 2.14 bits per heavy atom. The van der Waals surface area contributed by atoms with Gasteiger partial charge in [-0.1, -0.05) is 29.9 Å². The maximum Gasteiger partial charge on any atom is 0.0677 e.